The maximum Gasteiger partial charge on any atom is 0.313 e. The molecule has 0 radical (unpaired) electrons. The monoisotopic (exact) mass is 306 g/mol. The summed E-state index contributed by atoms with van der Waals surface area (Å²) in [5.74, 6) is -0.787. The Labute approximate surface area is 127 Å². The molecule has 1 N–H and O–H groups in total. The Kier molecular flexibility index (Phi) is 4.17. The van der Waals surface area contributed by atoms with Crippen molar-refractivity contribution >= 4 is 28.8 Å². The molecule has 0 amide bonds. The molecular weight excluding hydrogens is 288 g/mol. The van der Waals surface area contributed by atoms with Crippen LogP contribution >= 0.6 is 11.8 Å². The number of thioether (sulfide) groups is 1. The van der Waals surface area contributed by atoms with E-state index in [-0.39, 0.29) is 5.75 Å². The van der Waals surface area contributed by atoms with Gasteiger partial charge in [0.2, 0.25) is 0 Å². The summed E-state index contributed by atoms with van der Waals surface area (Å²) >= 11 is 1.28. The first-order valence-corrected chi connectivity index (χ1v) is 8.10. The maximum absolute atomic E-state index is 10.8. The molecule has 3 rings (SSSR count). The quantitative estimate of drug-likeness (QED) is 0.831. The highest BCUT2D eigenvalue weighted by atomic mass is 32.2. The number of carboxylic acid groups (broad SMARTS) is 1. The summed E-state index contributed by atoms with van der Waals surface area (Å²) in [5.41, 5.74) is 2.00. The van der Waals surface area contributed by atoms with Gasteiger partial charge in [0.25, 0.3) is 0 Å². The number of para-hydroxylation sites is 2. The number of nitrogens with zero attached hydrogens (tertiary/aromatic N) is 2. The van der Waals surface area contributed by atoms with Crippen molar-refractivity contribution in [3.05, 3.63) is 24.3 Å². The summed E-state index contributed by atoms with van der Waals surface area (Å²) in [7, 11) is 0. The van der Waals surface area contributed by atoms with Crippen LogP contribution in [0, 0.1) is 0 Å². The van der Waals surface area contributed by atoms with Gasteiger partial charge in [-0.05, 0) is 31.9 Å². The van der Waals surface area contributed by atoms with Crippen molar-refractivity contribution in [2.24, 2.45) is 0 Å². The first kappa shape index (κ1) is 14.4. The standard InChI is InChI=1S/C15H18N2O3S/c1-2-20-11-7-10(8-11)17-13-6-4-3-5-12(13)16-15(17)21-9-14(18)19/h3-6,10-11H,2,7-9H2,1H3,(H,18,19). The number of aliphatic carboxylic acids is 1. The van der Waals surface area contributed by atoms with Crippen molar-refractivity contribution in [3.63, 3.8) is 0 Å². The van der Waals surface area contributed by atoms with E-state index in [1.165, 1.54) is 11.8 Å². The SMILES string of the molecule is CCOC1CC(n2c(SCC(=O)O)nc3ccccc32)C1. The van der Waals surface area contributed by atoms with Crippen LogP contribution in [0.3, 0.4) is 0 Å². The third kappa shape index (κ3) is 2.91. The Morgan fingerprint density at radius 2 is 2.24 bits per heavy atom. The summed E-state index contributed by atoms with van der Waals surface area (Å²) in [6.07, 6.45) is 2.25. The van der Waals surface area contributed by atoms with Crippen LogP contribution in [0.2, 0.25) is 0 Å². The van der Waals surface area contributed by atoms with Crippen molar-refractivity contribution in [3.8, 4) is 0 Å². The molecule has 1 aromatic heterocycles. The van der Waals surface area contributed by atoms with Gasteiger partial charge in [0.05, 0.1) is 22.9 Å². The molecule has 1 aromatic carbocycles. The smallest absolute Gasteiger partial charge is 0.313 e. The highest BCUT2D eigenvalue weighted by Gasteiger charge is 2.33. The number of hydrogen-bond donors (Lipinski definition) is 1. The van der Waals surface area contributed by atoms with Gasteiger partial charge in [-0.15, -0.1) is 0 Å². The Morgan fingerprint density at radius 1 is 1.48 bits per heavy atom. The normalized spacial score (nSPS) is 21.4. The molecule has 0 spiro atoms. The molecule has 1 aliphatic rings. The minimum atomic E-state index is -0.820. The number of ether oxygens (including phenoxy) is 1. The van der Waals surface area contributed by atoms with E-state index in [1.54, 1.807) is 0 Å². The molecule has 112 valence electrons. The third-order valence-electron chi connectivity index (χ3n) is 3.73. The lowest BCUT2D eigenvalue weighted by molar-refractivity contribution is -0.133. The zero-order chi connectivity index (χ0) is 14.8. The maximum atomic E-state index is 10.8. The van der Waals surface area contributed by atoms with Gasteiger partial charge in [-0.2, -0.15) is 0 Å². The predicted molar refractivity (Wildman–Crippen MR) is 81.8 cm³/mol. The largest absolute Gasteiger partial charge is 0.481 e. The van der Waals surface area contributed by atoms with Crippen LogP contribution in [-0.4, -0.2) is 39.1 Å². The van der Waals surface area contributed by atoms with E-state index in [0.717, 1.165) is 35.6 Å². The van der Waals surface area contributed by atoms with Crippen LogP contribution in [0.25, 0.3) is 11.0 Å². The number of benzene rings is 1. The van der Waals surface area contributed by atoms with E-state index in [0.29, 0.717) is 12.1 Å². The summed E-state index contributed by atoms with van der Waals surface area (Å²) in [4.78, 5) is 15.4. The van der Waals surface area contributed by atoms with Gasteiger partial charge < -0.3 is 14.4 Å². The first-order chi connectivity index (χ1) is 10.2. The fraction of sp³-hybridized carbons (Fsp3) is 0.467. The van der Waals surface area contributed by atoms with Gasteiger partial charge in [0, 0.05) is 12.6 Å². The number of fused-ring (bicyclic) bond motifs is 1. The van der Waals surface area contributed by atoms with Gasteiger partial charge in [-0.25, -0.2) is 4.98 Å². The number of imidazole rings is 1. The highest BCUT2D eigenvalue weighted by Crippen LogP contribution is 2.39. The van der Waals surface area contributed by atoms with Gasteiger partial charge in [-0.1, -0.05) is 23.9 Å². The minimum Gasteiger partial charge on any atom is -0.481 e. The zero-order valence-electron chi connectivity index (χ0n) is 11.9. The molecule has 0 saturated heterocycles. The molecule has 2 aromatic rings. The fourth-order valence-corrected chi connectivity index (χ4v) is 3.53. The first-order valence-electron chi connectivity index (χ1n) is 7.12. The molecule has 5 nitrogen and oxygen atoms in total. The van der Waals surface area contributed by atoms with Crippen molar-refractivity contribution < 1.29 is 14.6 Å². The summed E-state index contributed by atoms with van der Waals surface area (Å²) in [6, 6.07) is 8.31. The van der Waals surface area contributed by atoms with Crippen molar-refractivity contribution in [2.75, 3.05) is 12.4 Å². The lowest BCUT2D eigenvalue weighted by Gasteiger charge is -2.36. The number of rotatable bonds is 6. The number of carbonyl (C=O) groups is 1. The van der Waals surface area contributed by atoms with Gasteiger partial charge in [-0.3, -0.25) is 4.79 Å². The molecule has 21 heavy (non-hydrogen) atoms. The van der Waals surface area contributed by atoms with Crippen molar-refractivity contribution in [2.45, 2.75) is 37.1 Å². The molecule has 1 fully saturated rings. The van der Waals surface area contributed by atoms with Crippen molar-refractivity contribution in [1.29, 1.82) is 0 Å². The van der Waals surface area contributed by atoms with E-state index in [2.05, 4.69) is 9.55 Å². The molecule has 0 unspecified atom stereocenters. The van der Waals surface area contributed by atoms with Crippen molar-refractivity contribution in [1.82, 2.24) is 9.55 Å². The topological polar surface area (TPSA) is 64.3 Å². The van der Waals surface area contributed by atoms with Gasteiger partial charge >= 0.3 is 5.97 Å². The molecule has 1 saturated carbocycles. The van der Waals surface area contributed by atoms with Crippen LogP contribution < -0.4 is 0 Å². The molecular formula is C15H18N2O3S. The molecule has 1 heterocycles. The highest BCUT2D eigenvalue weighted by molar-refractivity contribution is 7.99. The summed E-state index contributed by atoms with van der Waals surface area (Å²) in [5, 5.41) is 9.67. The molecule has 0 atom stereocenters. The average molecular weight is 306 g/mol. The minimum absolute atomic E-state index is 0.0327. The molecule has 0 aliphatic heterocycles. The van der Waals surface area contributed by atoms with Crippen LogP contribution in [0.5, 0.6) is 0 Å². The lowest BCUT2D eigenvalue weighted by atomic mass is 9.89. The predicted octanol–water partition coefficient (Wildman–Crippen LogP) is 2.95. The molecule has 1 aliphatic carbocycles. The fourth-order valence-electron chi connectivity index (χ4n) is 2.72. The number of aromatic nitrogens is 2. The van der Waals surface area contributed by atoms with E-state index in [4.69, 9.17) is 9.84 Å². The van der Waals surface area contributed by atoms with Crippen LogP contribution in [0.4, 0.5) is 0 Å². The second-order valence-electron chi connectivity index (χ2n) is 5.14. The van der Waals surface area contributed by atoms with Crippen LogP contribution in [-0.2, 0) is 9.53 Å². The Balaban J connectivity index is 1.87. The van der Waals surface area contributed by atoms with Crippen LogP contribution in [0.15, 0.2) is 29.4 Å². The van der Waals surface area contributed by atoms with Gasteiger partial charge in [0.1, 0.15) is 0 Å². The number of carboxylic acids is 1. The molecule has 6 heteroatoms. The second-order valence-corrected chi connectivity index (χ2v) is 6.08. The van der Waals surface area contributed by atoms with Crippen LogP contribution in [0.1, 0.15) is 25.8 Å². The zero-order valence-corrected chi connectivity index (χ0v) is 12.7. The van der Waals surface area contributed by atoms with E-state index in [9.17, 15) is 4.79 Å². The summed E-state index contributed by atoms with van der Waals surface area (Å²) in [6.45, 7) is 2.75. The summed E-state index contributed by atoms with van der Waals surface area (Å²) < 4.78 is 7.80. The lowest BCUT2D eigenvalue weighted by Crippen LogP contribution is -2.33. The Bertz CT molecular complexity index is 649. The van der Waals surface area contributed by atoms with E-state index >= 15 is 0 Å². The van der Waals surface area contributed by atoms with E-state index in [1.807, 2.05) is 31.2 Å². The average Bonchev–Trinajstić information content (AvgIpc) is 2.78. The molecule has 0 bridgehead atoms. The van der Waals surface area contributed by atoms with E-state index < -0.39 is 5.97 Å². The third-order valence-corrected chi connectivity index (χ3v) is 4.66. The Morgan fingerprint density at radius 3 is 2.95 bits per heavy atom. The Hall–Kier alpha value is -1.53. The second kappa shape index (κ2) is 6.07. The van der Waals surface area contributed by atoms with Gasteiger partial charge in [0.15, 0.2) is 5.16 Å². The number of hydrogen-bond acceptors (Lipinski definition) is 4.